The van der Waals surface area contributed by atoms with Gasteiger partial charge < -0.3 is 14.2 Å². The van der Waals surface area contributed by atoms with Gasteiger partial charge in [0.05, 0.1) is 0 Å². The highest BCUT2D eigenvalue weighted by Crippen LogP contribution is 2.14. The van der Waals surface area contributed by atoms with Gasteiger partial charge in [0.15, 0.2) is 6.10 Å². The molecular formula is C58H100O6. The van der Waals surface area contributed by atoms with Crippen molar-refractivity contribution in [2.45, 2.75) is 264 Å². The standard InChI is InChI=1S/C58H100O6/c1-4-7-10-13-16-19-22-24-26-27-28-29-30-31-32-34-36-39-42-45-48-51-57(60)63-54-55(53-62-56(59)50-47-44-41-38-35-21-18-15-12-9-6-3)64-58(61)52-49-46-43-40-37-33-25-23-20-17-14-11-8-5-2/h7,10,16,19,23-26,28-29,31-32,55H,4-6,8-9,11-15,17-18,20-22,27,30,33-54H2,1-3H3/b10-7-,19-16-,25-23-,26-24-,29-28-,32-31-. The van der Waals surface area contributed by atoms with E-state index in [4.69, 9.17) is 14.2 Å². The molecule has 0 heterocycles. The molecule has 1 unspecified atom stereocenters. The van der Waals surface area contributed by atoms with Crippen LogP contribution >= 0.6 is 0 Å². The van der Waals surface area contributed by atoms with Crippen molar-refractivity contribution in [2.24, 2.45) is 0 Å². The summed E-state index contributed by atoms with van der Waals surface area (Å²) < 4.78 is 16.8. The van der Waals surface area contributed by atoms with E-state index in [1.165, 1.54) is 96.3 Å². The first-order valence-corrected chi connectivity index (χ1v) is 26.9. The van der Waals surface area contributed by atoms with Crippen molar-refractivity contribution < 1.29 is 28.6 Å². The highest BCUT2D eigenvalue weighted by atomic mass is 16.6. The summed E-state index contributed by atoms with van der Waals surface area (Å²) in [7, 11) is 0. The monoisotopic (exact) mass is 893 g/mol. The van der Waals surface area contributed by atoms with Crippen LogP contribution in [0.4, 0.5) is 0 Å². The van der Waals surface area contributed by atoms with Crippen molar-refractivity contribution in [3.8, 4) is 0 Å². The Labute approximate surface area is 395 Å². The van der Waals surface area contributed by atoms with Crippen LogP contribution in [0.5, 0.6) is 0 Å². The molecule has 0 saturated heterocycles. The van der Waals surface area contributed by atoms with Gasteiger partial charge in [0, 0.05) is 19.3 Å². The molecule has 0 aliphatic carbocycles. The van der Waals surface area contributed by atoms with Crippen LogP contribution in [0.3, 0.4) is 0 Å². The summed E-state index contributed by atoms with van der Waals surface area (Å²) in [5, 5.41) is 0. The highest BCUT2D eigenvalue weighted by molar-refractivity contribution is 5.71. The molecule has 0 saturated carbocycles. The average Bonchev–Trinajstić information content (AvgIpc) is 3.29. The van der Waals surface area contributed by atoms with Crippen LogP contribution < -0.4 is 0 Å². The Bertz CT molecular complexity index is 1210. The van der Waals surface area contributed by atoms with Crippen LogP contribution in [0.25, 0.3) is 0 Å². The summed E-state index contributed by atoms with van der Waals surface area (Å²) in [4.78, 5) is 38.0. The van der Waals surface area contributed by atoms with E-state index < -0.39 is 6.10 Å². The predicted molar refractivity (Wildman–Crippen MR) is 274 cm³/mol. The molecule has 0 amide bonds. The van der Waals surface area contributed by atoms with Crippen LogP contribution in [0.1, 0.15) is 258 Å². The molecule has 0 radical (unpaired) electrons. The third-order valence-electron chi connectivity index (χ3n) is 11.4. The molecular weight excluding hydrogens is 793 g/mol. The molecule has 0 fully saturated rings. The summed E-state index contributed by atoms with van der Waals surface area (Å²) >= 11 is 0. The third kappa shape index (κ3) is 49.9. The second-order valence-corrected chi connectivity index (χ2v) is 17.8. The maximum Gasteiger partial charge on any atom is 0.306 e. The SMILES string of the molecule is CC/C=C\C/C=C\C/C=C\C/C=C\C/C=C\CCCCCCCC(=O)OCC(COC(=O)CCCCCCCCCCCCC)OC(=O)CCCCCCC/C=C\CCCCCCC. The number of carbonyl (C=O) groups is 3. The van der Waals surface area contributed by atoms with Gasteiger partial charge >= 0.3 is 17.9 Å². The molecule has 64 heavy (non-hydrogen) atoms. The zero-order valence-electron chi connectivity index (χ0n) is 42.0. The van der Waals surface area contributed by atoms with Crippen LogP contribution in [0, 0.1) is 0 Å². The van der Waals surface area contributed by atoms with E-state index in [2.05, 4.69) is 93.7 Å². The Balaban J connectivity index is 4.38. The summed E-state index contributed by atoms with van der Waals surface area (Å²) in [6.07, 6.45) is 66.0. The quantitative estimate of drug-likeness (QED) is 0.0262. The Kier molecular flexibility index (Phi) is 49.9. The lowest BCUT2D eigenvalue weighted by Crippen LogP contribution is -2.30. The van der Waals surface area contributed by atoms with Crippen molar-refractivity contribution in [3.63, 3.8) is 0 Å². The van der Waals surface area contributed by atoms with Gasteiger partial charge in [0.25, 0.3) is 0 Å². The number of hydrogen-bond donors (Lipinski definition) is 0. The van der Waals surface area contributed by atoms with Gasteiger partial charge in [0.2, 0.25) is 0 Å². The van der Waals surface area contributed by atoms with E-state index in [-0.39, 0.29) is 31.1 Å². The molecule has 0 aromatic carbocycles. The van der Waals surface area contributed by atoms with E-state index in [1.807, 2.05) is 0 Å². The van der Waals surface area contributed by atoms with Gasteiger partial charge in [-0.15, -0.1) is 0 Å². The van der Waals surface area contributed by atoms with Crippen LogP contribution in [0.15, 0.2) is 72.9 Å². The second-order valence-electron chi connectivity index (χ2n) is 17.8. The minimum Gasteiger partial charge on any atom is -0.462 e. The van der Waals surface area contributed by atoms with E-state index in [9.17, 15) is 14.4 Å². The molecule has 0 spiro atoms. The zero-order valence-corrected chi connectivity index (χ0v) is 42.0. The molecule has 1 atom stereocenters. The van der Waals surface area contributed by atoms with Crippen molar-refractivity contribution in [1.82, 2.24) is 0 Å². The lowest BCUT2D eigenvalue weighted by Gasteiger charge is -2.18. The normalized spacial score (nSPS) is 12.6. The van der Waals surface area contributed by atoms with Gasteiger partial charge in [-0.3, -0.25) is 14.4 Å². The van der Waals surface area contributed by atoms with Gasteiger partial charge in [-0.1, -0.05) is 222 Å². The van der Waals surface area contributed by atoms with Crippen LogP contribution in [-0.4, -0.2) is 37.2 Å². The van der Waals surface area contributed by atoms with Crippen molar-refractivity contribution >= 4 is 17.9 Å². The largest absolute Gasteiger partial charge is 0.462 e. The molecule has 0 aliphatic rings. The first-order chi connectivity index (χ1) is 31.5. The van der Waals surface area contributed by atoms with E-state index >= 15 is 0 Å². The van der Waals surface area contributed by atoms with Gasteiger partial charge in [-0.2, -0.15) is 0 Å². The van der Waals surface area contributed by atoms with Crippen molar-refractivity contribution in [2.75, 3.05) is 13.2 Å². The molecule has 0 aromatic rings. The Morgan fingerprint density at radius 2 is 0.609 bits per heavy atom. The molecule has 6 nitrogen and oxygen atoms in total. The molecule has 0 bridgehead atoms. The van der Waals surface area contributed by atoms with Crippen LogP contribution in [-0.2, 0) is 28.6 Å². The summed E-state index contributed by atoms with van der Waals surface area (Å²) in [6, 6.07) is 0. The third-order valence-corrected chi connectivity index (χ3v) is 11.4. The fourth-order valence-corrected chi connectivity index (χ4v) is 7.40. The number of hydrogen-bond acceptors (Lipinski definition) is 6. The summed E-state index contributed by atoms with van der Waals surface area (Å²) in [5.74, 6) is -0.908. The molecule has 6 heteroatoms. The number of unbranched alkanes of at least 4 members (excludes halogenated alkanes) is 25. The fraction of sp³-hybridized carbons (Fsp3) is 0.741. The van der Waals surface area contributed by atoms with Crippen molar-refractivity contribution in [1.29, 1.82) is 0 Å². The fourth-order valence-electron chi connectivity index (χ4n) is 7.40. The first kappa shape index (κ1) is 60.9. The number of allylic oxidation sites excluding steroid dienone is 12. The van der Waals surface area contributed by atoms with Crippen molar-refractivity contribution in [3.05, 3.63) is 72.9 Å². The average molecular weight is 893 g/mol. The van der Waals surface area contributed by atoms with E-state index in [0.717, 1.165) is 122 Å². The predicted octanol–water partition coefficient (Wildman–Crippen LogP) is 17.8. The topological polar surface area (TPSA) is 78.9 Å². The summed E-state index contributed by atoms with van der Waals surface area (Å²) in [6.45, 7) is 6.49. The van der Waals surface area contributed by atoms with Gasteiger partial charge in [0.1, 0.15) is 13.2 Å². The maximum absolute atomic E-state index is 12.8. The number of carbonyl (C=O) groups excluding carboxylic acids is 3. The smallest absolute Gasteiger partial charge is 0.306 e. The Morgan fingerprint density at radius 3 is 0.969 bits per heavy atom. The number of rotatable bonds is 48. The Hall–Kier alpha value is -3.15. The zero-order chi connectivity index (χ0) is 46.5. The van der Waals surface area contributed by atoms with Crippen LogP contribution in [0.2, 0.25) is 0 Å². The highest BCUT2D eigenvalue weighted by Gasteiger charge is 2.19. The molecule has 0 rings (SSSR count). The summed E-state index contributed by atoms with van der Waals surface area (Å²) in [5.41, 5.74) is 0. The Morgan fingerprint density at radius 1 is 0.328 bits per heavy atom. The molecule has 0 aliphatic heterocycles. The molecule has 0 N–H and O–H groups in total. The lowest BCUT2D eigenvalue weighted by molar-refractivity contribution is -0.167. The molecule has 0 aromatic heterocycles. The second kappa shape index (κ2) is 52.5. The van der Waals surface area contributed by atoms with Gasteiger partial charge in [-0.25, -0.2) is 0 Å². The molecule has 368 valence electrons. The van der Waals surface area contributed by atoms with E-state index in [0.29, 0.717) is 19.3 Å². The lowest BCUT2D eigenvalue weighted by atomic mass is 10.1. The number of ether oxygens (including phenoxy) is 3. The van der Waals surface area contributed by atoms with Gasteiger partial charge in [-0.05, 0) is 89.9 Å². The van der Waals surface area contributed by atoms with E-state index in [1.54, 1.807) is 0 Å². The number of esters is 3. The minimum absolute atomic E-state index is 0.0833. The minimum atomic E-state index is -0.785. The maximum atomic E-state index is 12.8. The first-order valence-electron chi connectivity index (χ1n) is 26.9.